The number of ether oxygens (including phenoxy) is 5. The lowest BCUT2D eigenvalue weighted by Gasteiger charge is -2.36. The zero-order valence-electron chi connectivity index (χ0n) is 18.6. The minimum Gasteiger partial charge on any atom is -0.423 e. The standard InChI is InChI=1S/C22H22F3NO8/c1-20(2)31-14-15(32-20)17-19(34-21(3,4)33-17)30-16(14)18(28)26-9-5-6-10-11(22(23,24)25)8-13(27)29-12(10)7-9/h5-8,14-17,19H,1-4H3,(H,26,28)/t14-,15-,16+,17+,19+/m1/s1. The predicted molar refractivity (Wildman–Crippen MR) is 109 cm³/mol. The van der Waals surface area contributed by atoms with E-state index in [1.807, 2.05) is 0 Å². The molecule has 1 N–H and O–H groups in total. The lowest BCUT2D eigenvalue weighted by atomic mass is 9.98. The predicted octanol–water partition coefficient (Wildman–Crippen LogP) is 3.15. The molecule has 3 saturated heterocycles. The lowest BCUT2D eigenvalue weighted by molar-refractivity contribution is -0.229. The van der Waals surface area contributed by atoms with Crippen molar-refractivity contribution in [3.8, 4) is 0 Å². The highest BCUT2D eigenvalue weighted by Crippen LogP contribution is 2.44. The molecule has 3 aliphatic heterocycles. The quantitative estimate of drug-likeness (QED) is 0.647. The summed E-state index contributed by atoms with van der Waals surface area (Å²) in [6.07, 6.45) is -8.92. The van der Waals surface area contributed by atoms with Gasteiger partial charge < -0.3 is 33.4 Å². The first-order valence-electron chi connectivity index (χ1n) is 10.6. The summed E-state index contributed by atoms with van der Waals surface area (Å²) in [6.45, 7) is 6.80. The molecule has 3 aliphatic rings. The Balaban J connectivity index is 1.43. The average Bonchev–Trinajstić information content (AvgIpc) is 3.19. The van der Waals surface area contributed by atoms with Crippen LogP contribution in [0.4, 0.5) is 18.9 Å². The summed E-state index contributed by atoms with van der Waals surface area (Å²) in [7, 11) is 0. The van der Waals surface area contributed by atoms with E-state index in [4.69, 9.17) is 28.1 Å². The van der Waals surface area contributed by atoms with Crippen molar-refractivity contribution in [2.24, 2.45) is 0 Å². The molecule has 5 atom stereocenters. The monoisotopic (exact) mass is 485 g/mol. The highest BCUT2D eigenvalue weighted by Gasteiger charge is 2.62. The number of carbonyl (C=O) groups excluding carboxylic acids is 1. The van der Waals surface area contributed by atoms with Crippen molar-refractivity contribution in [1.29, 1.82) is 0 Å². The number of hydrogen-bond donors (Lipinski definition) is 1. The number of fused-ring (bicyclic) bond motifs is 4. The molecule has 0 spiro atoms. The summed E-state index contributed by atoms with van der Waals surface area (Å²) in [6, 6.07) is 3.91. The van der Waals surface area contributed by atoms with Gasteiger partial charge in [-0.15, -0.1) is 0 Å². The molecule has 0 aliphatic carbocycles. The van der Waals surface area contributed by atoms with E-state index in [2.05, 4.69) is 5.32 Å². The van der Waals surface area contributed by atoms with Crippen molar-refractivity contribution in [2.75, 3.05) is 5.32 Å². The largest absolute Gasteiger partial charge is 0.423 e. The zero-order valence-corrected chi connectivity index (χ0v) is 18.6. The summed E-state index contributed by atoms with van der Waals surface area (Å²) >= 11 is 0. The molecule has 1 aromatic carbocycles. The van der Waals surface area contributed by atoms with Crippen molar-refractivity contribution >= 4 is 22.6 Å². The van der Waals surface area contributed by atoms with Gasteiger partial charge in [-0.3, -0.25) is 4.79 Å². The van der Waals surface area contributed by atoms with Gasteiger partial charge in [-0.25, -0.2) is 4.79 Å². The van der Waals surface area contributed by atoms with Crippen molar-refractivity contribution in [1.82, 2.24) is 0 Å². The minimum absolute atomic E-state index is 0.101. The molecule has 4 heterocycles. The molecule has 1 aromatic heterocycles. The maximum atomic E-state index is 13.3. The van der Waals surface area contributed by atoms with Gasteiger partial charge in [-0.05, 0) is 39.8 Å². The molecule has 0 bridgehead atoms. The maximum Gasteiger partial charge on any atom is 0.417 e. The van der Waals surface area contributed by atoms with Crippen LogP contribution in [0.15, 0.2) is 33.5 Å². The number of rotatable bonds is 2. The van der Waals surface area contributed by atoms with Gasteiger partial charge in [0, 0.05) is 23.2 Å². The normalized spacial score (nSPS) is 31.8. The number of alkyl halides is 3. The smallest absolute Gasteiger partial charge is 0.417 e. The van der Waals surface area contributed by atoms with Gasteiger partial charge in [-0.1, -0.05) is 0 Å². The van der Waals surface area contributed by atoms with Crippen LogP contribution in [-0.4, -0.2) is 48.2 Å². The van der Waals surface area contributed by atoms with Crippen LogP contribution in [0, 0.1) is 0 Å². The van der Waals surface area contributed by atoms with E-state index >= 15 is 0 Å². The van der Waals surface area contributed by atoms with E-state index in [-0.39, 0.29) is 16.7 Å². The van der Waals surface area contributed by atoms with Gasteiger partial charge in [0.15, 0.2) is 24.0 Å². The molecule has 0 unspecified atom stereocenters. The molecule has 1 amide bonds. The van der Waals surface area contributed by atoms with Gasteiger partial charge in [0.25, 0.3) is 5.91 Å². The molecule has 5 rings (SSSR count). The third-order valence-electron chi connectivity index (χ3n) is 5.73. The topological polar surface area (TPSA) is 105 Å². The summed E-state index contributed by atoms with van der Waals surface area (Å²) in [5, 5.41) is 2.27. The van der Waals surface area contributed by atoms with E-state index in [0.717, 1.165) is 12.1 Å². The Bertz CT molecular complexity index is 1210. The summed E-state index contributed by atoms with van der Waals surface area (Å²) in [5.41, 5.74) is -2.51. The molecule has 0 saturated carbocycles. The number of hydrogen-bond acceptors (Lipinski definition) is 8. The van der Waals surface area contributed by atoms with Gasteiger partial charge in [0.05, 0.1) is 5.56 Å². The molecule has 2 aromatic rings. The van der Waals surface area contributed by atoms with Gasteiger partial charge >= 0.3 is 11.8 Å². The molecule has 12 heteroatoms. The first-order valence-corrected chi connectivity index (χ1v) is 10.6. The van der Waals surface area contributed by atoms with Gasteiger partial charge in [0.2, 0.25) is 0 Å². The van der Waals surface area contributed by atoms with Crippen LogP contribution in [0.2, 0.25) is 0 Å². The summed E-state index contributed by atoms with van der Waals surface area (Å²) < 4.78 is 74.2. The van der Waals surface area contributed by atoms with Crippen molar-refractivity contribution in [2.45, 2.75) is 76.2 Å². The highest BCUT2D eigenvalue weighted by atomic mass is 19.4. The summed E-state index contributed by atoms with van der Waals surface area (Å²) in [5.74, 6) is -2.62. The Morgan fingerprint density at radius 1 is 0.941 bits per heavy atom. The second-order valence-corrected chi connectivity index (χ2v) is 9.27. The highest BCUT2D eigenvalue weighted by molar-refractivity contribution is 5.96. The van der Waals surface area contributed by atoms with E-state index in [1.54, 1.807) is 27.7 Å². The van der Waals surface area contributed by atoms with Crippen LogP contribution >= 0.6 is 0 Å². The van der Waals surface area contributed by atoms with Crippen LogP contribution < -0.4 is 10.9 Å². The van der Waals surface area contributed by atoms with Crippen LogP contribution in [0.1, 0.15) is 33.3 Å². The van der Waals surface area contributed by atoms with Crippen LogP contribution in [0.3, 0.4) is 0 Å². The van der Waals surface area contributed by atoms with E-state index < -0.39 is 65.6 Å². The Morgan fingerprint density at radius 3 is 2.29 bits per heavy atom. The first-order chi connectivity index (χ1) is 15.7. The van der Waals surface area contributed by atoms with Crippen LogP contribution in [0.25, 0.3) is 11.0 Å². The number of nitrogens with one attached hydrogen (secondary N) is 1. The number of carbonyl (C=O) groups is 1. The maximum absolute atomic E-state index is 13.3. The average molecular weight is 485 g/mol. The molecule has 34 heavy (non-hydrogen) atoms. The molecule has 3 fully saturated rings. The van der Waals surface area contributed by atoms with Crippen LogP contribution in [0.5, 0.6) is 0 Å². The van der Waals surface area contributed by atoms with Crippen molar-refractivity contribution in [3.05, 3.63) is 40.2 Å². The van der Waals surface area contributed by atoms with E-state index in [0.29, 0.717) is 6.07 Å². The first kappa shape index (κ1) is 23.2. The van der Waals surface area contributed by atoms with Crippen LogP contribution in [-0.2, 0) is 34.7 Å². The fourth-order valence-electron chi connectivity index (χ4n) is 4.51. The Kier molecular flexibility index (Phi) is 5.12. The van der Waals surface area contributed by atoms with Gasteiger partial charge in [-0.2, -0.15) is 13.2 Å². The van der Waals surface area contributed by atoms with Gasteiger partial charge in [0.1, 0.15) is 23.9 Å². The molecule has 184 valence electrons. The Hall–Kier alpha value is -2.51. The second kappa shape index (κ2) is 7.49. The third-order valence-corrected chi connectivity index (χ3v) is 5.73. The zero-order chi connectivity index (χ0) is 24.6. The molecular weight excluding hydrogens is 463 g/mol. The molecule has 9 nitrogen and oxygen atoms in total. The Labute approximate surface area is 191 Å². The fraction of sp³-hybridized carbons (Fsp3) is 0.545. The van der Waals surface area contributed by atoms with E-state index in [1.165, 1.54) is 6.07 Å². The number of benzene rings is 1. The van der Waals surface area contributed by atoms with Crippen molar-refractivity contribution < 1.29 is 46.1 Å². The fourth-order valence-corrected chi connectivity index (χ4v) is 4.51. The minimum atomic E-state index is -4.75. The number of halogens is 3. The second-order valence-electron chi connectivity index (χ2n) is 9.27. The molecule has 0 radical (unpaired) electrons. The SMILES string of the molecule is CC1(C)O[C@@H]2O[C@H](C(=O)Nc3ccc4c(C(F)(F)F)cc(=O)oc4c3)[C@@H]3OC(C)(C)O[C@H]3[C@@H]2O1. The summed E-state index contributed by atoms with van der Waals surface area (Å²) in [4.78, 5) is 24.8. The van der Waals surface area contributed by atoms with E-state index in [9.17, 15) is 22.8 Å². The Morgan fingerprint density at radius 2 is 1.59 bits per heavy atom. The molecular formula is C22H22F3NO8. The number of anilines is 1. The number of amides is 1. The third kappa shape index (κ3) is 4.09. The van der Waals surface area contributed by atoms with Crippen molar-refractivity contribution in [3.63, 3.8) is 0 Å². The lowest BCUT2D eigenvalue weighted by Crippen LogP contribution is -2.58.